The molecule has 0 aliphatic carbocycles. The summed E-state index contributed by atoms with van der Waals surface area (Å²) in [5.41, 5.74) is -1.47. The SMILES string of the molecule is CCOC(=O)N1CCC(N2CC[C@H](O)[C@@](O)(COc3ccc(Cl)c(F)c3)C2)CC1. The summed E-state index contributed by atoms with van der Waals surface area (Å²) in [7, 11) is 0. The number of halogens is 2. The molecule has 1 aromatic carbocycles. The van der Waals surface area contributed by atoms with Gasteiger partial charge in [-0.2, -0.15) is 0 Å². The molecule has 1 amide bonds. The average molecular weight is 431 g/mol. The summed E-state index contributed by atoms with van der Waals surface area (Å²) in [5, 5.41) is 21.4. The van der Waals surface area contributed by atoms with Crippen molar-refractivity contribution in [1.82, 2.24) is 9.80 Å². The molecule has 2 fully saturated rings. The molecule has 0 spiro atoms. The molecule has 2 aliphatic rings. The maximum atomic E-state index is 13.6. The summed E-state index contributed by atoms with van der Waals surface area (Å²) in [6, 6.07) is 4.26. The molecule has 1 aromatic rings. The third kappa shape index (κ3) is 5.31. The minimum absolute atomic E-state index is 0.00546. The maximum absolute atomic E-state index is 13.6. The lowest BCUT2D eigenvalue weighted by molar-refractivity contribution is -0.147. The fourth-order valence-corrected chi connectivity index (χ4v) is 4.07. The molecule has 29 heavy (non-hydrogen) atoms. The van der Waals surface area contributed by atoms with Gasteiger partial charge in [0.15, 0.2) is 0 Å². The first-order chi connectivity index (χ1) is 13.8. The fraction of sp³-hybridized carbons (Fsp3) is 0.650. The Balaban J connectivity index is 1.56. The summed E-state index contributed by atoms with van der Waals surface area (Å²) in [4.78, 5) is 15.7. The van der Waals surface area contributed by atoms with Crippen molar-refractivity contribution in [2.75, 3.05) is 39.4 Å². The van der Waals surface area contributed by atoms with Gasteiger partial charge < -0.3 is 24.6 Å². The first kappa shape index (κ1) is 22.1. The Kier molecular flexibility index (Phi) is 7.21. The Labute approximate surface area is 174 Å². The zero-order chi connectivity index (χ0) is 21.0. The van der Waals surface area contributed by atoms with E-state index in [1.807, 2.05) is 0 Å². The van der Waals surface area contributed by atoms with E-state index in [4.69, 9.17) is 21.1 Å². The van der Waals surface area contributed by atoms with E-state index < -0.39 is 17.5 Å². The molecule has 0 aromatic heterocycles. The lowest BCUT2D eigenvalue weighted by Crippen LogP contribution is -2.62. The van der Waals surface area contributed by atoms with E-state index in [0.717, 1.165) is 18.9 Å². The lowest BCUT2D eigenvalue weighted by atomic mass is 9.88. The number of amides is 1. The Hall–Kier alpha value is -1.61. The number of ether oxygens (including phenoxy) is 2. The number of hydrogen-bond acceptors (Lipinski definition) is 6. The van der Waals surface area contributed by atoms with Crippen LogP contribution >= 0.6 is 11.6 Å². The van der Waals surface area contributed by atoms with Gasteiger partial charge in [0.1, 0.15) is 23.8 Å². The third-order valence-corrected chi connectivity index (χ3v) is 5.98. The van der Waals surface area contributed by atoms with Crippen LogP contribution in [-0.4, -0.2) is 83.2 Å². The monoisotopic (exact) mass is 430 g/mol. The Morgan fingerprint density at radius 2 is 2.03 bits per heavy atom. The van der Waals surface area contributed by atoms with Crippen LogP contribution in [0.2, 0.25) is 5.02 Å². The predicted molar refractivity (Wildman–Crippen MR) is 106 cm³/mol. The lowest BCUT2D eigenvalue weighted by Gasteiger charge is -2.47. The molecule has 7 nitrogen and oxygen atoms in total. The topological polar surface area (TPSA) is 82.5 Å². The number of likely N-dealkylation sites (tertiary alicyclic amines) is 2. The van der Waals surface area contributed by atoms with Gasteiger partial charge in [0, 0.05) is 38.3 Å². The van der Waals surface area contributed by atoms with Crippen molar-refractivity contribution in [1.29, 1.82) is 0 Å². The van der Waals surface area contributed by atoms with Crippen LogP contribution in [-0.2, 0) is 4.74 Å². The zero-order valence-corrected chi connectivity index (χ0v) is 17.3. The molecule has 2 heterocycles. The van der Waals surface area contributed by atoms with Crippen LogP contribution in [0.4, 0.5) is 9.18 Å². The number of aliphatic hydroxyl groups is 2. The highest BCUT2D eigenvalue weighted by Crippen LogP contribution is 2.29. The smallest absolute Gasteiger partial charge is 0.409 e. The molecule has 0 saturated carbocycles. The molecule has 0 unspecified atom stereocenters. The number of carbonyl (C=O) groups excluding carboxylic acids is 1. The number of aliphatic hydroxyl groups excluding tert-OH is 1. The van der Waals surface area contributed by atoms with Gasteiger partial charge in [-0.3, -0.25) is 4.90 Å². The van der Waals surface area contributed by atoms with Crippen LogP contribution < -0.4 is 4.74 Å². The molecular formula is C20H28ClFN2O5. The maximum Gasteiger partial charge on any atom is 0.409 e. The second-order valence-corrected chi connectivity index (χ2v) is 8.07. The number of rotatable bonds is 5. The largest absolute Gasteiger partial charge is 0.490 e. The quantitative estimate of drug-likeness (QED) is 0.745. The molecule has 2 saturated heterocycles. The molecule has 0 radical (unpaired) electrons. The van der Waals surface area contributed by atoms with E-state index in [9.17, 15) is 19.4 Å². The fourth-order valence-electron chi connectivity index (χ4n) is 3.95. The molecule has 162 valence electrons. The van der Waals surface area contributed by atoms with Gasteiger partial charge in [-0.25, -0.2) is 9.18 Å². The highest BCUT2D eigenvalue weighted by Gasteiger charge is 2.44. The molecular weight excluding hydrogens is 403 g/mol. The van der Waals surface area contributed by atoms with Crippen molar-refractivity contribution in [3.05, 3.63) is 29.0 Å². The minimum Gasteiger partial charge on any atom is -0.490 e. The first-order valence-electron chi connectivity index (χ1n) is 9.96. The normalized spacial score (nSPS) is 26.4. The van der Waals surface area contributed by atoms with Gasteiger partial charge >= 0.3 is 6.09 Å². The van der Waals surface area contributed by atoms with Crippen LogP contribution in [0.1, 0.15) is 26.2 Å². The minimum atomic E-state index is -1.47. The van der Waals surface area contributed by atoms with Crippen molar-refractivity contribution < 1.29 is 28.9 Å². The van der Waals surface area contributed by atoms with Crippen molar-refractivity contribution in [2.45, 2.75) is 43.9 Å². The van der Waals surface area contributed by atoms with Gasteiger partial charge in [0.2, 0.25) is 0 Å². The van der Waals surface area contributed by atoms with Crippen molar-refractivity contribution in [2.24, 2.45) is 0 Å². The number of benzene rings is 1. The van der Waals surface area contributed by atoms with Gasteiger partial charge in [-0.05, 0) is 38.3 Å². The zero-order valence-electron chi connectivity index (χ0n) is 16.5. The second kappa shape index (κ2) is 9.47. The van der Waals surface area contributed by atoms with Crippen molar-refractivity contribution in [3.63, 3.8) is 0 Å². The van der Waals surface area contributed by atoms with E-state index >= 15 is 0 Å². The highest BCUT2D eigenvalue weighted by atomic mass is 35.5. The molecule has 2 N–H and O–H groups in total. The van der Waals surface area contributed by atoms with Crippen LogP contribution in [0.5, 0.6) is 5.75 Å². The van der Waals surface area contributed by atoms with Gasteiger partial charge in [-0.1, -0.05) is 11.6 Å². The van der Waals surface area contributed by atoms with Crippen molar-refractivity contribution in [3.8, 4) is 5.75 Å². The van der Waals surface area contributed by atoms with Gasteiger partial charge in [0.25, 0.3) is 0 Å². The summed E-state index contributed by atoms with van der Waals surface area (Å²) >= 11 is 5.67. The van der Waals surface area contributed by atoms with E-state index in [0.29, 0.717) is 32.7 Å². The van der Waals surface area contributed by atoms with Crippen LogP contribution in [0.3, 0.4) is 0 Å². The number of piperidine rings is 2. The Morgan fingerprint density at radius 1 is 1.31 bits per heavy atom. The first-order valence-corrected chi connectivity index (χ1v) is 10.3. The van der Waals surface area contributed by atoms with Crippen LogP contribution in [0.15, 0.2) is 18.2 Å². The molecule has 9 heteroatoms. The molecule has 2 aliphatic heterocycles. The third-order valence-electron chi connectivity index (χ3n) is 5.67. The molecule has 0 bridgehead atoms. The van der Waals surface area contributed by atoms with Crippen LogP contribution in [0.25, 0.3) is 0 Å². The second-order valence-electron chi connectivity index (χ2n) is 7.66. The van der Waals surface area contributed by atoms with E-state index in [1.165, 1.54) is 12.1 Å². The summed E-state index contributed by atoms with van der Waals surface area (Å²) < 4.78 is 24.2. The average Bonchev–Trinajstić information content (AvgIpc) is 2.71. The number of carbonyl (C=O) groups is 1. The van der Waals surface area contributed by atoms with Gasteiger partial charge in [-0.15, -0.1) is 0 Å². The number of hydrogen-bond donors (Lipinski definition) is 2. The summed E-state index contributed by atoms with van der Waals surface area (Å²) in [6.07, 6.45) is 0.728. The molecule has 3 rings (SSSR count). The highest BCUT2D eigenvalue weighted by molar-refractivity contribution is 6.30. The van der Waals surface area contributed by atoms with E-state index in [2.05, 4.69) is 4.90 Å². The van der Waals surface area contributed by atoms with E-state index in [-0.39, 0.29) is 36.1 Å². The number of nitrogens with zero attached hydrogens (tertiary/aromatic N) is 2. The Morgan fingerprint density at radius 3 is 2.69 bits per heavy atom. The number of β-amino-alcohol motifs (C(OH)–C–C–N with tert-alkyl or cyclic N) is 1. The predicted octanol–water partition coefficient (Wildman–Crippen LogP) is 2.28. The van der Waals surface area contributed by atoms with Crippen LogP contribution in [0, 0.1) is 5.82 Å². The van der Waals surface area contributed by atoms with E-state index in [1.54, 1.807) is 11.8 Å². The molecule has 2 atom stereocenters. The Bertz CT molecular complexity index is 716. The summed E-state index contributed by atoms with van der Waals surface area (Å²) in [6.45, 7) is 4.08. The van der Waals surface area contributed by atoms with Gasteiger partial charge in [0.05, 0.1) is 17.7 Å². The van der Waals surface area contributed by atoms with Crippen molar-refractivity contribution >= 4 is 17.7 Å². The summed E-state index contributed by atoms with van der Waals surface area (Å²) in [5.74, 6) is -0.359. The standard InChI is InChI=1S/C20H28ClFN2O5/c1-2-28-19(26)23-8-5-14(6-9-23)24-10-7-18(25)20(27,12-24)13-29-15-3-4-16(21)17(22)11-15/h3-4,11,14,18,25,27H,2,5-10,12-13H2,1H3/t18-,20-/m0/s1.